The van der Waals surface area contributed by atoms with Gasteiger partial charge in [0.2, 0.25) is 10.0 Å². The number of rotatable bonds is 3. The van der Waals surface area contributed by atoms with E-state index in [1.807, 2.05) is 19.1 Å². The molecule has 0 aliphatic carbocycles. The molecule has 0 saturated carbocycles. The van der Waals surface area contributed by atoms with Crippen LogP contribution in [0.15, 0.2) is 29.2 Å². The van der Waals surface area contributed by atoms with Crippen molar-refractivity contribution in [3.8, 4) is 0 Å². The molecule has 118 valence electrons. The van der Waals surface area contributed by atoms with Gasteiger partial charge in [-0.2, -0.15) is 4.31 Å². The Morgan fingerprint density at radius 1 is 1.24 bits per heavy atom. The van der Waals surface area contributed by atoms with E-state index in [9.17, 15) is 13.5 Å². The minimum Gasteiger partial charge on any atom is -0.395 e. The lowest BCUT2D eigenvalue weighted by Crippen LogP contribution is -2.39. The third-order valence-electron chi connectivity index (χ3n) is 4.35. The fraction of sp³-hybridized carbons (Fsp3) is 0.625. The molecule has 1 saturated heterocycles. The molecule has 1 fully saturated rings. The highest BCUT2D eigenvalue weighted by atomic mass is 32.2. The van der Waals surface area contributed by atoms with Crippen LogP contribution >= 0.6 is 0 Å². The van der Waals surface area contributed by atoms with E-state index in [4.69, 9.17) is 0 Å². The molecule has 1 aromatic rings. The number of hydrogen-bond acceptors (Lipinski definition) is 3. The van der Waals surface area contributed by atoms with Crippen LogP contribution in [-0.4, -0.2) is 37.0 Å². The second kappa shape index (κ2) is 5.71. The molecule has 1 aliphatic heterocycles. The number of hydrogen-bond donors (Lipinski definition) is 1. The third-order valence-corrected chi connectivity index (χ3v) is 6.28. The van der Waals surface area contributed by atoms with Crippen molar-refractivity contribution in [3.63, 3.8) is 0 Å². The highest BCUT2D eigenvalue weighted by Crippen LogP contribution is 2.31. The van der Waals surface area contributed by atoms with Gasteiger partial charge in [-0.3, -0.25) is 0 Å². The summed E-state index contributed by atoms with van der Waals surface area (Å²) in [6.45, 7) is 8.64. The van der Waals surface area contributed by atoms with Crippen molar-refractivity contribution in [2.75, 3.05) is 13.2 Å². The van der Waals surface area contributed by atoms with Crippen molar-refractivity contribution in [3.05, 3.63) is 29.8 Å². The van der Waals surface area contributed by atoms with Gasteiger partial charge in [0.05, 0.1) is 17.5 Å². The minimum atomic E-state index is -3.52. The van der Waals surface area contributed by atoms with Gasteiger partial charge in [0.1, 0.15) is 0 Å². The van der Waals surface area contributed by atoms with E-state index in [0.29, 0.717) is 11.4 Å². The quantitative estimate of drug-likeness (QED) is 0.932. The molecule has 4 nitrogen and oxygen atoms in total. The molecule has 1 heterocycles. The Bertz CT molecular complexity index is 587. The van der Waals surface area contributed by atoms with Crippen molar-refractivity contribution in [1.29, 1.82) is 0 Å². The van der Waals surface area contributed by atoms with Crippen molar-refractivity contribution >= 4 is 10.0 Å². The lowest BCUT2D eigenvalue weighted by Gasteiger charge is -2.25. The van der Waals surface area contributed by atoms with Crippen LogP contribution in [0, 0.1) is 5.92 Å². The average molecular weight is 311 g/mol. The topological polar surface area (TPSA) is 57.6 Å². The molecule has 2 atom stereocenters. The van der Waals surface area contributed by atoms with Gasteiger partial charge in [0, 0.05) is 6.54 Å². The number of aliphatic hydroxyl groups is 1. The Balaban J connectivity index is 2.32. The molecule has 21 heavy (non-hydrogen) atoms. The number of benzene rings is 1. The van der Waals surface area contributed by atoms with Crippen LogP contribution in [0.1, 0.15) is 39.7 Å². The zero-order valence-electron chi connectivity index (χ0n) is 13.2. The Kier molecular flexibility index (Phi) is 4.47. The second-order valence-corrected chi connectivity index (χ2v) is 8.80. The summed E-state index contributed by atoms with van der Waals surface area (Å²) < 4.78 is 26.9. The lowest BCUT2D eigenvalue weighted by molar-refractivity contribution is 0.191. The van der Waals surface area contributed by atoms with Gasteiger partial charge in [-0.1, -0.05) is 39.8 Å². The summed E-state index contributed by atoms with van der Waals surface area (Å²) in [4.78, 5) is 0.308. The molecule has 0 spiro atoms. The van der Waals surface area contributed by atoms with Crippen LogP contribution in [0.25, 0.3) is 0 Å². The number of nitrogens with zero attached hydrogens (tertiary/aromatic N) is 1. The Morgan fingerprint density at radius 2 is 1.81 bits per heavy atom. The molecular formula is C16H25NO3S. The van der Waals surface area contributed by atoms with Gasteiger partial charge in [0.25, 0.3) is 0 Å². The van der Waals surface area contributed by atoms with E-state index >= 15 is 0 Å². The van der Waals surface area contributed by atoms with Gasteiger partial charge < -0.3 is 5.11 Å². The second-order valence-electron chi connectivity index (χ2n) is 6.91. The van der Waals surface area contributed by atoms with E-state index < -0.39 is 10.0 Å². The zero-order valence-corrected chi connectivity index (χ0v) is 14.0. The van der Waals surface area contributed by atoms with Crippen molar-refractivity contribution in [1.82, 2.24) is 4.31 Å². The van der Waals surface area contributed by atoms with Crippen LogP contribution in [0.5, 0.6) is 0 Å². The first-order valence-electron chi connectivity index (χ1n) is 7.41. The van der Waals surface area contributed by atoms with Crippen molar-refractivity contribution in [2.45, 2.75) is 50.5 Å². The van der Waals surface area contributed by atoms with E-state index in [-0.39, 0.29) is 24.0 Å². The maximum atomic E-state index is 12.7. The smallest absolute Gasteiger partial charge is 0.243 e. The fourth-order valence-electron chi connectivity index (χ4n) is 2.80. The highest BCUT2D eigenvalue weighted by Gasteiger charge is 2.39. The predicted octanol–water partition coefficient (Wildman–Crippen LogP) is 2.38. The summed E-state index contributed by atoms with van der Waals surface area (Å²) in [5.74, 6) is 0.193. The Morgan fingerprint density at radius 3 is 2.29 bits per heavy atom. The van der Waals surface area contributed by atoms with Crippen LogP contribution in [0.4, 0.5) is 0 Å². The van der Waals surface area contributed by atoms with Crippen LogP contribution in [0.2, 0.25) is 0 Å². The summed E-state index contributed by atoms with van der Waals surface area (Å²) in [7, 11) is -3.52. The van der Waals surface area contributed by atoms with Gasteiger partial charge in [0.15, 0.2) is 0 Å². The molecule has 1 aromatic carbocycles. The first-order chi connectivity index (χ1) is 9.67. The minimum absolute atomic E-state index is 0.00190. The maximum Gasteiger partial charge on any atom is 0.243 e. The SMILES string of the molecule is CC1CCN(S(=O)(=O)c2ccc(C(C)(C)C)cc2)C1CO. The summed E-state index contributed by atoms with van der Waals surface area (Å²) in [5, 5.41) is 9.46. The Hall–Kier alpha value is -0.910. The molecule has 0 radical (unpaired) electrons. The molecule has 2 unspecified atom stereocenters. The summed E-state index contributed by atoms with van der Waals surface area (Å²) in [5.41, 5.74) is 1.10. The first kappa shape index (κ1) is 16.5. The maximum absolute atomic E-state index is 12.7. The normalized spacial score (nSPS) is 24.4. The van der Waals surface area contributed by atoms with Crippen LogP contribution < -0.4 is 0 Å². The van der Waals surface area contributed by atoms with E-state index in [2.05, 4.69) is 20.8 Å². The standard InChI is InChI=1S/C16H25NO3S/c1-12-9-10-17(15(12)11-18)21(19,20)14-7-5-13(6-8-14)16(2,3)4/h5-8,12,15,18H,9-11H2,1-4H3. The zero-order chi connectivity index (χ0) is 15.8. The van der Waals surface area contributed by atoms with E-state index in [0.717, 1.165) is 12.0 Å². The molecule has 0 bridgehead atoms. The first-order valence-corrected chi connectivity index (χ1v) is 8.85. The van der Waals surface area contributed by atoms with Crippen LogP contribution in [0.3, 0.4) is 0 Å². The molecule has 1 aliphatic rings. The van der Waals surface area contributed by atoms with Crippen LogP contribution in [-0.2, 0) is 15.4 Å². The fourth-order valence-corrected chi connectivity index (χ4v) is 4.53. The summed E-state index contributed by atoms with van der Waals surface area (Å²) >= 11 is 0. The summed E-state index contributed by atoms with van der Waals surface area (Å²) in [6, 6.07) is 6.79. The molecule has 0 aromatic heterocycles. The molecule has 5 heteroatoms. The average Bonchev–Trinajstić information content (AvgIpc) is 2.79. The van der Waals surface area contributed by atoms with Gasteiger partial charge in [-0.15, -0.1) is 0 Å². The molecule has 2 rings (SSSR count). The number of aliphatic hydroxyl groups excluding tert-OH is 1. The molecule has 0 amide bonds. The third kappa shape index (κ3) is 3.15. The van der Waals surface area contributed by atoms with Gasteiger partial charge >= 0.3 is 0 Å². The van der Waals surface area contributed by atoms with Crippen molar-refractivity contribution < 1.29 is 13.5 Å². The summed E-state index contributed by atoms with van der Waals surface area (Å²) in [6.07, 6.45) is 0.796. The van der Waals surface area contributed by atoms with Crippen molar-refractivity contribution in [2.24, 2.45) is 5.92 Å². The number of sulfonamides is 1. The van der Waals surface area contributed by atoms with E-state index in [1.165, 1.54) is 4.31 Å². The van der Waals surface area contributed by atoms with Gasteiger partial charge in [-0.05, 0) is 35.4 Å². The monoisotopic (exact) mass is 311 g/mol. The molecular weight excluding hydrogens is 286 g/mol. The van der Waals surface area contributed by atoms with E-state index in [1.54, 1.807) is 12.1 Å². The highest BCUT2D eigenvalue weighted by molar-refractivity contribution is 7.89. The Labute approximate surface area is 127 Å². The largest absolute Gasteiger partial charge is 0.395 e. The molecule has 1 N–H and O–H groups in total. The lowest BCUT2D eigenvalue weighted by atomic mass is 9.87. The van der Waals surface area contributed by atoms with Gasteiger partial charge in [-0.25, -0.2) is 8.42 Å². The predicted molar refractivity (Wildman–Crippen MR) is 83.7 cm³/mol.